The largest absolute Gasteiger partial charge is 1.00 e. The molecule has 0 amide bonds. The highest BCUT2D eigenvalue weighted by atomic mass is 16.5. The lowest BCUT2D eigenvalue weighted by Gasteiger charge is -1.96. The lowest BCUT2D eigenvalue weighted by molar-refractivity contribution is -0.147. The monoisotopic (exact) mass is 631 g/mol. The predicted octanol–water partition coefficient (Wildman–Crippen LogP) is 0.939. The molecular formula is C28H55O15+. The van der Waals surface area contributed by atoms with Crippen LogP contribution in [0.15, 0.2) is 12.2 Å². The van der Waals surface area contributed by atoms with E-state index >= 15 is 0 Å². The second-order valence-corrected chi connectivity index (χ2v) is 7.91. The van der Waals surface area contributed by atoms with E-state index in [0.29, 0.717) is 19.6 Å². The molecule has 2 heterocycles. The zero-order valence-corrected chi connectivity index (χ0v) is 26.3. The van der Waals surface area contributed by atoms with Crippen LogP contribution in [0.25, 0.3) is 0 Å². The Labute approximate surface area is 256 Å². The van der Waals surface area contributed by atoms with E-state index in [1.165, 1.54) is 41.3 Å². The van der Waals surface area contributed by atoms with Crippen molar-refractivity contribution < 1.29 is 74.6 Å². The van der Waals surface area contributed by atoms with Gasteiger partial charge in [-0.25, -0.2) is 9.59 Å². The standard InChI is InChI=1S/C6H10O4.C6H8O4.C4H6O2.C4H10O2.C4H8O.C4H10O.H2O/c2*1-9-5(7)3-4-6(8)10-2;5-4-2-1-3-6-4;5-3-1-2-4-6;1-2-4-5-3-1;1-2-3-4-5;/h3-4H2,1-2H3;3-4H,1-2H3;1-3H2;5-6H,1-4H2;1-4H2;5H,2-4H2,1H3;1H2/p+1/b;4-3-;;;;;. The number of rotatable bonds is 10. The van der Waals surface area contributed by atoms with Crippen LogP contribution < -0.4 is 0 Å². The van der Waals surface area contributed by atoms with E-state index in [0.717, 1.165) is 57.5 Å². The van der Waals surface area contributed by atoms with Crippen LogP contribution >= 0.6 is 0 Å². The molecule has 0 aliphatic carbocycles. The fraction of sp³-hybridized carbons (Fsp3) is 0.750. The van der Waals surface area contributed by atoms with Gasteiger partial charge < -0.3 is 49.2 Å². The van der Waals surface area contributed by atoms with Gasteiger partial charge >= 0.3 is 31.3 Å². The Balaban J connectivity index is -0.0000000997. The van der Waals surface area contributed by atoms with Crippen LogP contribution in [0.5, 0.6) is 0 Å². The number of carbonyl (C=O) groups excluding carboxylic acids is 5. The van der Waals surface area contributed by atoms with E-state index in [4.69, 9.17) is 20.1 Å². The Kier molecular flexibility index (Phi) is 50.0. The quantitative estimate of drug-likeness (QED) is 0.132. The number of hydrogen-bond donors (Lipinski definition) is 3. The highest BCUT2D eigenvalue weighted by Crippen LogP contribution is 2.01. The fourth-order valence-corrected chi connectivity index (χ4v) is 2.05. The molecule has 2 aliphatic heterocycles. The van der Waals surface area contributed by atoms with Crippen LogP contribution in [0.1, 0.15) is 72.6 Å². The van der Waals surface area contributed by atoms with Gasteiger partial charge in [0.25, 0.3) is 0 Å². The number of aliphatic hydroxyl groups excluding tert-OH is 3. The van der Waals surface area contributed by atoms with E-state index in [1.54, 1.807) is 0 Å². The van der Waals surface area contributed by atoms with E-state index < -0.39 is 23.9 Å². The van der Waals surface area contributed by atoms with Gasteiger partial charge in [-0.2, -0.15) is 0 Å². The zero-order valence-electron chi connectivity index (χ0n) is 27.3. The third-order valence-electron chi connectivity index (χ3n) is 4.44. The number of ether oxygens (including phenoxy) is 6. The maximum atomic E-state index is 10.4. The van der Waals surface area contributed by atoms with Crippen molar-refractivity contribution in [3.05, 3.63) is 12.2 Å². The van der Waals surface area contributed by atoms with Gasteiger partial charge in [-0.05, 0) is 38.5 Å². The van der Waals surface area contributed by atoms with Crippen LogP contribution in [0.4, 0.5) is 0 Å². The molecule has 0 spiro atoms. The lowest BCUT2D eigenvalue weighted by atomic mass is 10.3. The minimum atomic E-state index is -0.578. The molecule has 43 heavy (non-hydrogen) atoms. The summed E-state index contributed by atoms with van der Waals surface area (Å²) in [5, 5.41) is 24.2. The highest BCUT2D eigenvalue weighted by molar-refractivity contribution is 5.91. The third-order valence-corrected chi connectivity index (χ3v) is 4.44. The molecule has 2 rings (SSSR count). The Morgan fingerprint density at radius 1 is 0.721 bits per heavy atom. The number of cyclic esters (lactones) is 1. The molecule has 2 saturated heterocycles. The van der Waals surface area contributed by atoms with Crippen LogP contribution in [-0.4, -0.2) is 119 Å². The average molecular weight is 632 g/mol. The van der Waals surface area contributed by atoms with Crippen molar-refractivity contribution in [2.75, 3.05) is 68.1 Å². The normalized spacial score (nSPS) is 12.1. The van der Waals surface area contributed by atoms with Crippen molar-refractivity contribution in [3.8, 4) is 0 Å². The first kappa shape index (κ1) is 49.6. The molecular weight excluding hydrogens is 576 g/mol. The van der Waals surface area contributed by atoms with Gasteiger partial charge in [0, 0.05) is 51.6 Å². The zero-order chi connectivity index (χ0) is 32.9. The smallest absolute Gasteiger partial charge is 0.469 e. The van der Waals surface area contributed by atoms with Gasteiger partial charge in [-0.1, -0.05) is 13.3 Å². The fourth-order valence-electron chi connectivity index (χ4n) is 2.05. The Morgan fingerprint density at radius 3 is 1.30 bits per heavy atom. The molecule has 0 aromatic heterocycles. The summed E-state index contributed by atoms with van der Waals surface area (Å²) in [6.45, 7) is 5.42. The van der Waals surface area contributed by atoms with Crippen molar-refractivity contribution in [1.82, 2.24) is 0 Å². The highest BCUT2D eigenvalue weighted by Gasteiger charge is 2.08. The van der Waals surface area contributed by atoms with Crippen molar-refractivity contribution in [2.24, 2.45) is 0 Å². The van der Waals surface area contributed by atoms with Crippen molar-refractivity contribution in [2.45, 2.75) is 71.1 Å². The SMILES string of the molecule is C1CCOC1.CCCCO.COC(=O)/C=C\C(=O)OC.COC(=O)CCC(=O)OC.O.O=C1CCCO1.OCCCCO.[H+]. The molecule has 2 fully saturated rings. The summed E-state index contributed by atoms with van der Waals surface area (Å²) in [7, 11) is 5.01. The first-order valence-corrected chi connectivity index (χ1v) is 13.7. The van der Waals surface area contributed by atoms with Crippen LogP contribution in [-0.2, 0) is 52.4 Å². The molecule has 0 saturated carbocycles. The summed E-state index contributed by atoms with van der Waals surface area (Å²) >= 11 is 0. The van der Waals surface area contributed by atoms with Crippen molar-refractivity contribution in [1.29, 1.82) is 0 Å². The summed E-state index contributed by atoms with van der Waals surface area (Å²) < 4.78 is 26.5. The van der Waals surface area contributed by atoms with E-state index in [-0.39, 0.29) is 38.9 Å². The Bertz CT molecular complexity index is 628. The van der Waals surface area contributed by atoms with Gasteiger partial charge in [0.05, 0.1) is 47.9 Å². The molecule has 15 heteroatoms. The van der Waals surface area contributed by atoms with Crippen LogP contribution in [0.3, 0.4) is 0 Å². The molecule has 0 atom stereocenters. The van der Waals surface area contributed by atoms with E-state index in [9.17, 15) is 24.0 Å². The number of hydrogen-bond acceptors (Lipinski definition) is 14. The molecule has 0 aromatic carbocycles. The van der Waals surface area contributed by atoms with E-state index in [1.807, 2.05) is 0 Å². The molecule has 256 valence electrons. The summed E-state index contributed by atoms with van der Waals surface area (Å²) in [6.07, 6.45) is 9.73. The maximum Gasteiger partial charge on any atom is 1.00 e. The molecule has 15 nitrogen and oxygen atoms in total. The summed E-state index contributed by atoms with van der Waals surface area (Å²) in [5.41, 5.74) is 0. The molecule has 2 aliphatic rings. The van der Waals surface area contributed by atoms with Gasteiger partial charge in [-0.3, -0.25) is 14.4 Å². The minimum absolute atomic E-state index is 0. The van der Waals surface area contributed by atoms with Crippen LogP contribution in [0.2, 0.25) is 0 Å². The van der Waals surface area contributed by atoms with Gasteiger partial charge in [0.2, 0.25) is 0 Å². The Morgan fingerprint density at radius 2 is 1.14 bits per heavy atom. The summed E-state index contributed by atoms with van der Waals surface area (Å²) in [6, 6.07) is 0. The van der Waals surface area contributed by atoms with Gasteiger partial charge in [-0.15, -0.1) is 0 Å². The predicted molar refractivity (Wildman–Crippen MR) is 157 cm³/mol. The minimum Gasteiger partial charge on any atom is -0.469 e. The number of esters is 5. The first-order chi connectivity index (χ1) is 20.1. The average Bonchev–Trinajstić information content (AvgIpc) is 3.76. The van der Waals surface area contributed by atoms with Gasteiger partial charge in [0.15, 0.2) is 0 Å². The number of methoxy groups -OCH3 is 4. The topological polar surface area (TPSA) is 233 Å². The van der Waals surface area contributed by atoms with E-state index in [2.05, 4.69) is 30.6 Å². The second kappa shape index (κ2) is 43.3. The van der Waals surface area contributed by atoms with Crippen molar-refractivity contribution >= 4 is 29.8 Å². The maximum absolute atomic E-state index is 10.4. The summed E-state index contributed by atoms with van der Waals surface area (Å²) in [4.78, 5) is 51.5. The lowest BCUT2D eigenvalue weighted by Crippen LogP contribution is -2.06. The molecule has 5 N–H and O–H groups in total. The number of aliphatic hydroxyl groups is 3. The van der Waals surface area contributed by atoms with Crippen LogP contribution in [0, 0.1) is 0 Å². The van der Waals surface area contributed by atoms with Gasteiger partial charge in [0.1, 0.15) is 0 Å². The third kappa shape index (κ3) is 52.0. The number of carbonyl (C=O) groups is 5. The molecule has 0 radical (unpaired) electrons. The molecule has 0 bridgehead atoms. The molecule has 0 unspecified atom stereocenters. The number of unbranched alkanes of at least 4 members (excludes halogenated alkanes) is 2. The first-order valence-electron chi connectivity index (χ1n) is 13.7. The summed E-state index contributed by atoms with van der Waals surface area (Å²) in [5.74, 6) is -2.00. The second-order valence-electron chi connectivity index (χ2n) is 7.91. The van der Waals surface area contributed by atoms with Crippen molar-refractivity contribution in [3.63, 3.8) is 0 Å². The Hall–Kier alpha value is -3.11. The molecule has 0 aromatic rings.